The average Bonchev–Trinajstić information content (AvgIpc) is 3.20. The maximum absolute atomic E-state index is 2.40. The van der Waals surface area contributed by atoms with Crippen LogP contribution in [-0.4, -0.2) is 0 Å². The first-order valence-corrected chi connectivity index (χ1v) is 16.8. The second-order valence-electron chi connectivity index (χ2n) is 12.2. The van der Waals surface area contributed by atoms with Crippen molar-refractivity contribution >= 4 is 17.1 Å². The monoisotopic (exact) mass is 625 g/mol. The largest absolute Gasteiger partial charge is 0.310 e. The van der Waals surface area contributed by atoms with Gasteiger partial charge in [0, 0.05) is 16.9 Å². The first kappa shape index (κ1) is 29.9. The van der Waals surface area contributed by atoms with Crippen LogP contribution >= 0.6 is 0 Å². The summed E-state index contributed by atoms with van der Waals surface area (Å²) >= 11 is 0. The Balaban J connectivity index is 1.33. The van der Waals surface area contributed by atoms with Crippen molar-refractivity contribution in [3.05, 3.63) is 212 Å². The zero-order chi connectivity index (χ0) is 32.8. The third-order valence-electron chi connectivity index (χ3n) is 9.07. The van der Waals surface area contributed by atoms with E-state index in [1.165, 1.54) is 44.5 Å². The SMILES string of the molecule is c1ccc(-c2cccc(N(c3cccc(-c4ccccc4)c3)c3ccccc3-c3ccc(-c4ccccc4)c(-c4ccccc4)c3)c2)cc1. The molecule has 0 aliphatic rings. The molecule has 0 unspecified atom stereocenters. The van der Waals surface area contributed by atoms with E-state index in [-0.39, 0.29) is 0 Å². The minimum absolute atomic E-state index is 1.10. The fraction of sp³-hybridized carbons (Fsp3) is 0. The number of anilines is 3. The molecule has 232 valence electrons. The lowest BCUT2D eigenvalue weighted by Crippen LogP contribution is -2.11. The predicted molar refractivity (Wildman–Crippen MR) is 208 cm³/mol. The molecular weight excluding hydrogens is 591 g/mol. The molecule has 0 aliphatic heterocycles. The summed E-state index contributed by atoms with van der Waals surface area (Å²) in [5.74, 6) is 0. The molecule has 0 heterocycles. The lowest BCUT2D eigenvalue weighted by Gasteiger charge is -2.29. The van der Waals surface area contributed by atoms with Crippen LogP contribution < -0.4 is 4.90 Å². The van der Waals surface area contributed by atoms with E-state index < -0.39 is 0 Å². The molecule has 49 heavy (non-hydrogen) atoms. The summed E-state index contributed by atoms with van der Waals surface area (Å²) in [5.41, 5.74) is 15.2. The fourth-order valence-electron chi connectivity index (χ4n) is 6.69. The highest BCUT2D eigenvalue weighted by atomic mass is 15.1. The molecule has 0 spiro atoms. The van der Waals surface area contributed by atoms with Crippen LogP contribution in [0.1, 0.15) is 0 Å². The molecule has 8 aromatic carbocycles. The molecule has 0 atom stereocenters. The minimum Gasteiger partial charge on any atom is -0.310 e. The Kier molecular flexibility index (Phi) is 8.39. The highest BCUT2D eigenvalue weighted by molar-refractivity contribution is 5.93. The van der Waals surface area contributed by atoms with Crippen LogP contribution in [0, 0.1) is 0 Å². The van der Waals surface area contributed by atoms with E-state index in [2.05, 4.69) is 217 Å². The van der Waals surface area contributed by atoms with Crippen molar-refractivity contribution in [2.45, 2.75) is 0 Å². The molecule has 0 radical (unpaired) electrons. The first-order chi connectivity index (χ1) is 24.3. The number of para-hydroxylation sites is 1. The molecule has 8 aromatic rings. The van der Waals surface area contributed by atoms with E-state index in [1.807, 2.05) is 0 Å². The van der Waals surface area contributed by atoms with Gasteiger partial charge < -0.3 is 4.90 Å². The lowest BCUT2D eigenvalue weighted by molar-refractivity contribution is 1.28. The van der Waals surface area contributed by atoms with E-state index in [0.717, 1.165) is 28.2 Å². The van der Waals surface area contributed by atoms with Crippen molar-refractivity contribution in [1.29, 1.82) is 0 Å². The third-order valence-corrected chi connectivity index (χ3v) is 9.07. The van der Waals surface area contributed by atoms with Gasteiger partial charge in [0.05, 0.1) is 5.69 Å². The second kappa shape index (κ2) is 13.7. The number of nitrogens with zero attached hydrogens (tertiary/aromatic N) is 1. The molecule has 0 N–H and O–H groups in total. The van der Waals surface area contributed by atoms with E-state index >= 15 is 0 Å². The Morgan fingerprint density at radius 2 is 0.653 bits per heavy atom. The molecule has 1 heteroatoms. The van der Waals surface area contributed by atoms with Gasteiger partial charge in [-0.25, -0.2) is 0 Å². The van der Waals surface area contributed by atoms with Gasteiger partial charge in [-0.2, -0.15) is 0 Å². The van der Waals surface area contributed by atoms with Crippen LogP contribution in [0.4, 0.5) is 17.1 Å². The molecule has 0 amide bonds. The van der Waals surface area contributed by atoms with E-state index in [1.54, 1.807) is 0 Å². The van der Waals surface area contributed by atoms with Crippen molar-refractivity contribution < 1.29 is 0 Å². The molecule has 0 saturated carbocycles. The van der Waals surface area contributed by atoms with E-state index in [9.17, 15) is 0 Å². The van der Waals surface area contributed by atoms with Crippen LogP contribution in [-0.2, 0) is 0 Å². The smallest absolute Gasteiger partial charge is 0.0540 e. The van der Waals surface area contributed by atoms with Crippen molar-refractivity contribution in [2.75, 3.05) is 4.90 Å². The Morgan fingerprint density at radius 3 is 1.18 bits per heavy atom. The van der Waals surface area contributed by atoms with Gasteiger partial charge in [0.1, 0.15) is 0 Å². The summed E-state index contributed by atoms with van der Waals surface area (Å²) in [6.45, 7) is 0. The van der Waals surface area contributed by atoms with Crippen molar-refractivity contribution in [3.8, 4) is 55.6 Å². The van der Waals surface area contributed by atoms with Gasteiger partial charge in [0.25, 0.3) is 0 Å². The second-order valence-corrected chi connectivity index (χ2v) is 12.2. The molecular formula is C48H35N. The van der Waals surface area contributed by atoms with Crippen molar-refractivity contribution in [3.63, 3.8) is 0 Å². The topological polar surface area (TPSA) is 3.24 Å². The van der Waals surface area contributed by atoms with Gasteiger partial charge in [-0.15, -0.1) is 0 Å². The number of benzene rings is 8. The quantitative estimate of drug-likeness (QED) is 0.162. The number of rotatable bonds is 8. The van der Waals surface area contributed by atoms with Crippen LogP contribution in [0.2, 0.25) is 0 Å². The number of hydrogen-bond acceptors (Lipinski definition) is 1. The van der Waals surface area contributed by atoms with Gasteiger partial charge in [0.15, 0.2) is 0 Å². The predicted octanol–water partition coefficient (Wildman–Crippen LogP) is 13.5. The molecule has 8 rings (SSSR count). The summed E-state index contributed by atoms with van der Waals surface area (Å²) in [6.07, 6.45) is 0. The Morgan fingerprint density at radius 1 is 0.224 bits per heavy atom. The molecule has 0 aromatic heterocycles. The van der Waals surface area contributed by atoms with Crippen molar-refractivity contribution in [2.24, 2.45) is 0 Å². The van der Waals surface area contributed by atoms with E-state index in [4.69, 9.17) is 0 Å². The summed E-state index contributed by atoms with van der Waals surface area (Å²) in [6, 6.07) is 76.0. The zero-order valence-corrected chi connectivity index (χ0v) is 27.2. The van der Waals surface area contributed by atoms with Crippen LogP contribution in [0.5, 0.6) is 0 Å². The van der Waals surface area contributed by atoms with E-state index in [0.29, 0.717) is 0 Å². The average molecular weight is 626 g/mol. The van der Waals surface area contributed by atoms with Crippen LogP contribution in [0.3, 0.4) is 0 Å². The maximum atomic E-state index is 2.40. The first-order valence-electron chi connectivity index (χ1n) is 16.8. The molecule has 0 aliphatic carbocycles. The standard InChI is InChI=1S/C48H35N/c1-5-17-36(18-6-1)40-25-15-27-43(33-40)49(44-28-16-26-41(34-44)37-19-7-2-8-20-37)48-30-14-13-29-46(48)42-31-32-45(38-21-9-3-10-22-38)47(35-42)39-23-11-4-12-24-39/h1-35H. The Labute approximate surface area is 289 Å². The summed E-state index contributed by atoms with van der Waals surface area (Å²) < 4.78 is 0. The maximum Gasteiger partial charge on any atom is 0.0540 e. The lowest BCUT2D eigenvalue weighted by atomic mass is 9.90. The molecule has 1 nitrogen and oxygen atoms in total. The Hall–Kier alpha value is -6.44. The van der Waals surface area contributed by atoms with Crippen LogP contribution in [0.15, 0.2) is 212 Å². The third kappa shape index (κ3) is 6.31. The minimum atomic E-state index is 1.10. The van der Waals surface area contributed by atoms with Gasteiger partial charge in [-0.1, -0.05) is 176 Å². The van der Waals surface area contributed by atoms with Crippen LogP contribution in [0.25, 0.3) is 55.6 Å². The highest BCUT2D eigenvalue weighted by Crippen LogP contribution is 2.44. The molecule has 0 saturated heterocycles. The van der Waals surface area contributed by atoms with Crippen molar-refractivity contribution in [1.82, 2.24) is 0 Å². The molecule has 0 fully saturated rings. The fourth-order valence-corrected chi connectivity index (χ4v) is 6.69. The summed E-state index contributed by atoms with van der Waals surface area (Å²) in [4.78, 5) is 2.40. The Bertz CT molecular complexity index is 2230. The summed E-state index contributed by atoms with van der Waals surface area (Å²) in [7, 11) is 0. The highest BCUT2D eigenvalue weighted by Gasteiger charge is 2.19. The zero-order valence-electron chi connectivity index (χ0n) is 27.2. The van der Waals surface area contributed by atoms with Gasteiger partial charge in [-0.05, 0) is 86.5 Å². The summed E-state index contributed by atoms with van der Waals surface area (Å²) in [5, 5.41) is 0. The van der Waals surface area contributed by atoms with Gasteiger partial charge >= 0.3 is 0 Å². The number of hydrogen-bond donors (Lipinski definition) is 0. The normalized spacial score (nSPS) is 10.9. The molecule has 0 bridgehead atoms. The van der Waals surface area contributed by atoms with Gasteiger partial charge in [0.2, 0.25) is 0 Å². The van der Waals surface area contributed by atoms with Gasteiger partial charge in [-0.3, -0.25) is 0 Å².